The molecule has 1 saturated heterocycles. The van der Waals surface area contributed by atoms with Gasteiger partial charge < -0.3 is 5.11 Å². The molecule has 1 aromatic carbocycles. The van der Waals surface area contributed by atoms with Gasteiger partial charge in [0.15, 0.2) is 0 Å². The van der Waals surface area contributed by atoms with Crippen LogP contribution in [0.15, 0.2) is 24.3 Å². The highest BCUT2D eigenvalue weighted by atomic mass is 16.3. The predicted molar refractivity (Wildman–Crippen MR) is 85.0 cm³/mol. The number of aliphatic hydroxyl groups excluding tert-OH is 1. The van der Waals surface area contributed by atoms with Gasteiger partial charge in [0.1, 0.15) is 0 Å². The molecule has 0 bridgehead atoms. The fraction of sp³-hybridized carbons (Fsp3) is 0.667. The lowest BCUT2D eigenvalue weighted by Gasteiger charge is -2.40. The van der Waals surface area contributed by atoms with Crippen LogP contribution in [0.25, 0.3) is 0 Å². The molecule has 0 saturated carbocycles. The number of hydrogen-bond acceptors (Lipinski definition) is 2. The summed E-state index contributed by atoms with van der Waals surface area (Å²) in [6.07, 6.45) is 3.45. The summed E-state index contributed by atoms with van der Waals surface area (Å²) >= 11 is 0. The van der Waals surface area contributed by atoms with Crippen molar-refractivity contribution in [2.24, 2.45) is 0 Å². The lowest BCUT2D eigenvalue weighted by molar-refractivity contribution is 0.0412. The third-order valence-corrected chi connectivity index (χ3v) is 4.75. The fourth-order valence-corrected chi connectivity index (χ4v) is 3.24. The molecular formula is C18H29NO. The first kappa shape index (κ1) is 15.5. The standard InChI is InChI=1S/C18H29NO/c1-13(2)16-8-10-17(11-9-16)18(20)12-19-14(3)6-5-7-15(19)4/h8-11,13-15,18,20H,5-7,12H2,1-4H3. The third kappa shape index (κ3) is 3.62. The van der Waals surface area contributed by atoms with Crippen molar-refractivity contribution >= 4 is 0 Å². The molecule has 2 rings (SSSR count). The van der Waals surface area contributed by atoms with E-state index in [4.69, 9.17) is 0 Å². The minimum atomic E-state index is -0.376. The van der Waals surface area contributed by atoms with Gasteiger partial charge in [-0.1, -0.05) is 44.5 Å². The highest BCUT2D eigenvalue weighted by Crippen LogP contribution is 2.26. The first-order valence-corrected chi connectivity index (χ1v) is 8.02. The van der Waals surface area contributed by atoms with Crippen LogP contribution in [0.3, 0.4) is 0 Å². The number of β-amino-alcohol motifs (C(OH)–C–C–N with tert-alkyl or cyclic N) is 1. The minimum Gasteiger partial charge on any atom is -0.387 e. The SMILES string of the molecule is CC(C)c1ccc(C(O)CN2C(C)CCCC2C)cc1. The monoisotopic (exact) mass is 275 g/mol. The second-order valence-electron chi connectivity index (χ2n) is 6.66. The highest BCUT2D eigenvalue weighted by molar-refractivity contribution is 5.26. The van der Waals surface area contributed by atoms with Crippen molar-refractivity contribution in [3.8, 4) is 0 Å². The zero-order valence-electron chi connectivity index (χ0n) is 13.3. The van der Waals surface area contributed by atoms with Gasteiger partial charge in [-0.2, -0.15) is 0 Å². The Hall–Kier alpha value is -0.860. The maximum atomic E-state index is 10.5. The number of rotatable bonds is 4. The zero-order valence-corrected chi connectivity index (χ0v) is 13.3. The number of hydrogen-bond donors (Lipinski definition) is 1. The third-order valence-electron chi connectivity index (χ3n) is 4.75. The van der Waals surface area contributed by atoms with Crippen LogP contribution >= 0.6 is 0 Å². The Balaban J connectivity index is 2.01. The first-order chi connectivity index (χ1) is 9.49. The maximum Gasteiger partial charge on any atom is 0.0917 e. The van der Waals surface area contributed by atoms with E-state index in [-0.39, 0.29) is 6.10 Å². The van der Waals surface area contributed by atoms with Gasteiger partial charge in [0, 0.05) is 18.6 Å². The van der Waals surface area contributed by atoms with Crippen LogP contribution in [0.2, 0.25) is 0 Å². The average Bonchev–Trinajstić information content (AvgIpc) is 2.43. The molecule has 2 nitrogen and oxygen atoms in total. The minimum absolute atomic E-state index is 0.376. The molecule has 1 aromatic rings. The molecule has 2 heteroatoms. The molecule has 1 aliphatic rings. The van der Waals surface area contributed by atoms with Gasteiger partial charge in [-0.15, -0.1) is 0 Å². The smallest absolute Gasteiger partial charge is 0.0917 e. The van der Waals surface area contributed by atoms with Gasteiger partial charge in [-0.25, -0.2) is 0 Å². The van der Waals surface area contributed by atoms with Gasteiger partial charge in [-0.05, 0) is 43.7 Å². The lowest BCUT2D eigenvalue weighted by atomic mass is 9.95. The molecule has 1 fully saturated rings. The van der Waals surface area contributed by atoms with Gasteiger partial charge in [0.2, 0.25) is 0 Å². The molecule has 0 radical (unpaired) electrons. The second kappa shape index (κ2) is 6.73. The topological polar surface area (TPSA) is 23.5 Å². The highest BCUT2D eigenvalue weighted by Gasteiger charge is 2.26. The summed E-state index contributed by atoms with van der Waals surface area (Å²) in [5.74, 6) is 0.545. The Labute approximate surface area is 123 Å². The van der Waals surface area contributed by atoms with Gasteiger partial charge >= 0.3 is 0 Å². The van der Waals surface area contributed by atoms with Crippen LogP contribution in [-0.4, -0.2) is 28.6 Å². The molecule has 0 spiro atoms. The van der Waals surface area contributed by atoms with Crippen LogP contribution < -0.4 is 0 Å². The number of benzene rings is 1. The fourth-order valence-electron chi connectivity index (χ4n) is 3.24. The number of likely N-dealkylation sites (tertiary alicyclic amines) is 1. The van der Waals surface area contributed by atoms with Gasteiger partial charge in [0.05, 0.1) is 6.10 Å². The van der Waals surface area contributed by atoms with E-state index < -0.39 is 0 Å². The largest absolute Gasteiger partial charge is 0.387 e. The summed E-state index contributed by atoms with van der Waals surface area (Å²) < 4.78 is 0. The van der Waals surface area contributed by atoms with E-state index >= 15 is 0 Å². The van der Waals surface area contributed by atoms with Crippen LogP contribution in [0.5, 0.6) is 0 Å². The Morgan fingerprint density at radius 3 is 2.05 bits per heavy atom. The molecule has 3 unspecified atom stereocenters. The van der Waals surface area contributed by atoms with Crippen molar-refractivity contribution in [1.29, 1.82) is 0 Å². The van der Waals surface area contributed by atoms with Crippen LogP contribution in [0.4, 0.5) is 0 Å². The molecule has 1 heterocycles. The lowest BCUT2D eigenvalue weighted by Crippen LogP contribution is -2.45. The summed E-state index contributed by atoms with van der Waals surface area (Å²) in [5, 5.41) is 10.5. The number of piperidine rings is 1. The summed E-state index contributed by atoms with van der Waals surface area (Å²) in [7, 11) is 0. The number of nitrogens with zero attached hydrogens (tertiary/aromatic N) is 1. The Morgan fingerprint density at radius 2 is 1.55 bits per heavy atom. The Morgan fingerprint density at radius 1 is 1.05 bits per heavy atom. The van der Waals surface area contributed by atoms with Crippen molar-refractivity contribution < 1.29 is 5.11 Å². The average molecular weight is 275 g/mol. The molecule has 0 aliphatic carbocycles. The molecule has 3 atom stereocenters. The van der Waals surface area contributed by atoms with Crippen molar-refractivity contribution in [3.63, 3.8) is 0 Å². The van der Waals surface area contributed by atoms with E-state index in [1.807, 2.05) is 0 Å². The normalized spacial score (nSPS) is 25.9. The Kier molecular flexibility index (Phi) is 5.22. The molecule has 1 aliphatic heterocycles. The van der Waals surface area contributed by atoms with E-state index in [0.29, 0.717) is 18.0 Å². The van der Waals surface area contributed by atoms with E-state index in [9.17, 15) is 5.11 Å². The summed E-state index contributed by atoms with van der Waals surface area (Å²) in [6.45, 7) is 9.71. The van der Waals surface area contributed by atoms with E-state index in [2.05, 4.69) is 56.9 Å². The van der Waals surface area contributed by atoms with Crippen LogP contribution in [0, 0.1) is 0 Å². The summed E-state index contributed by atoms with van der Waals surface area (Å²) in [5.41, 5.74) is 2.38. The number of aliphatic hydroxyl groups is 1. The van der Waals surface area contributed by atoms with Crippen molar-refractivity contribution in [3.05, 3.63) is 35.4 Å². The molecule has 0 aromatic heterocycles. The zero-order chi connectivity index (χ0) is 14.7. The first-order valence-electron chi connectivity index (χ1n) is 8.02. The van der Waals surface area contributed by atoms with Crippen molar-refractivity contribution in [2.75, 3.05) is 6.54 Å². The second-order valence-corrected chi connectivity index (χ2v) is 6.66. The quantitative estimate of drug-likeness (QED) is 0.894. The molecule has 1 N–H and O–H groups in total. The molecular weight excluding hydrogens is 246 g/mol. The van der Waals surface area contributed by atoms with Crippen molar-refractivity contribution in [1.82, 2.24) is 4.90 Å². The van der Waals surface area contributed by atoms with E-state index in [0.717, 1.165) is 12.1 Å². The van der Waals surface area contributed by atoms with E-state index in [1.54, 1.807) is 0 Å². The molecule has 0 amide bonds. The summed E-state index contributed by atoms with van der Waals surface area (Å²) in [4.78, 5) is 2.46. The van der Waals surface area contributed by atoms with Gasteiger partial charge in [0.25, 0.3) is 0 Å². The molecule has 20 heavy (non-hydrogen) atoms. The van der Waals surface area contributed by atoms with E-state index in [1.165, 1.54) is 24.8 Å². The maximum absolute atomic E-state index is 10.5. The Bertz CT molecular complexity index is 402. The predicted octanol–water partition coefficient (Wildman–Crippen LogP) is 4.11. The van der Waals surface area contributed by atoms with Gasteiger partial charge in [-0.3, -0.25) is 4.90 Å². The summed E-state index contributed by atoms with van der Waals surface area (Å²) in [6, 6.07) is 9.63. The van der Waals surface area contributed by atoms with Crippen LogP contribution in [0.1, 0.15) is 70.1 Å². The van der Waals surface area contributed by atoms with Crippen molar-refractivity contribution in [2.45, 2.75) is 71.1 Å². The van der Waals surface area contributed by atoms with Crippen LogP contribution in [-0.2, 0) is 0 Å². The molecule has 112 valence electrons.